The van der Waals surface area contributed by atoms with Gasteiger partial charge in [-0.1, -0.05) is 24.3 Å². The third-order valence-electron chi connectivity index (χ3n) is 3.21. The van der Waals surface area contributed by atoms with Gasteiger partial charge in [0.2, 0.25) is 0 Å². The second-order valence-electron chi connectivity index (χ2n) is 4.95. The van der Waals surface area contributed by atoms with Gasteiger partial charge in [0.1, 0.15) is 23.9 Å². The summed E-state index contributed by atoms with van der Waals surface area (Å²) >= 11 is 0. The predicted molar refractivity (Wildman–Crippen MR) is 81.8 cm³/mol. The van der Waals surface area contributed by atoms with Crippen molar-refractivity contribution in [1.29, 1.82) is 0 Å². The molecule has 1 heterocycles. The molecular formula is C17H13FN2O3. The van der Waals surface area contributed by atoms with Crippen molar-refractivity contribution < 1.29 is 18.7 Å². The maximum absolute atomic E-state index is 13.1. The standard InChI is InChI=1S/C17H13FN2O3/c18-13-3-1-2-12(8-13)10-23-14-6-4-11(5-7-14)9-15-16(21)20-17(22)19-15/h1-9H,10H2,(H2,19,20,21,22). The van der Waals surface area contributed by atoms with Crippen molar-refractivity contribution in [2.75, 3.05) is 0 Å². The van der Waals surface area contributed by atoms with E-state index in [9.17, 15) is 14.0 Å². The molecule has 116 valence electrons. The highest BCUT2D eigenvalue weighted by molar-refractivity contribution is 6.13. The van der Waals surface area contributed by atoms with E-state index in [0.29, 0.717) is 5.75 Å². The second-order valence-corrected chi connectivity index (χ2v) is 4.95. The summed E-state index contributed by atoms with van der Waals surface area (Å²) in [5, 5.41) is 4.54. The number of hydrogen-bond donors (Lipinski definition) is 2. The maximum Gasteiger partial charge on any atom is 0.326 e. The predicted octanol–water partition coefficient (Wildman–Crippen LogP) is 2.58. The average Bonchev–Trinajstić information content (AvgIpc) is 2.84. The minimum absolute atomic E-state index is 0.198. The number of hydrogen-bond acceptors (Lipinski definition) is 3. The summed E-state index contributed by atoms with van der Waals surface area (Å²) in [6.45, 7) is 0.261. The van der Waals surface area contributed by atoms with Crippen LogP contribution in [0.3, 0.4) is 0 Å². The summed E-state index contributed by atoms with van der Waals surface area (Å²) in [5.41, 5.74) is 1.68. The van der Waals surface area contributed by atoms with Gasteiger partial charge in [-0.2, -0.15) is 0 Å². The normalized spacial score (nSPS) is 15.4. The lowest BCUT2D eigenvalue weighted by molar-refractivity contribution is -0.115. The number of imide groups is 1. The molecule has 6 heteroatoms. The minimum atomic E-state index is -0.531. The molecule has 0 atom stereocenters. The molecule has 0 aromatic heterocycles. The number of ether oxygens (including phenoxy) is 1. The van der Waals surface area contributed by atoms with E-state index in [1.807, 2.05) is 0 Å². The summed E-state index contributed by atoms with van der Waals surface area (Å²) in [6.07, 6.45) is 1.57. The van der Waals surface area contributed by atoms with Gasteiger partial charge in [-0.05, 0) is 41.5 Å². The Hall–Kier alpha value is -3.15. The van der Waals surface area contributed by atoms with Gasteiger partial charge < -0.3 is 10.1 Å². The van der Waals surface area contributed by atoms with E-state index < -0.39 is 11.9 Å². The Morgan fingerprint density at radius 1 is 1.04 bits per heavy atom. The van der Waals surface area contributed by atoms with Crippen LogP contribution in [0.25, 0.3) is 6.08 Å². The van der Waals surface area contributed by atoms with Gasteiger partial charge in [0.25, 0.3) is 5.91 Å². The van der Waals surface area contributed by atoms with Gasteiger partial charge in [0.05, 0.1) is 0 Å². The number of halogens is 1. The van der Waals surface area contributed by atoms with Gasteiger partial charge in [0, 0.05) is 0 Å². The quantitative estimate of drug-likeness (QED) is 0.673. The molecule has 1 aliphatic rings. The number of urea groups is 1. The van der Waals surface area contributed by atoms with Gasteiger partial charge in [-0.15, -0.1) is 0 Å². The van der Waals surface area contributed by atoms with Crippen LogP contribution in [0.4, 0.5) is 9.18 Å². The second kappa shape index (κ2) is 6.31. The zero-order valence-electron chi connectivity index (χ0n) is 12.0. The molecule has 0 aliphatic carbocycles. The van der Waals surface area contributed by atoms with E-state index in [1.54, 1.807) is 42.5 Å². The summed E-state index contributed by atoms with van der Waals surface area (Å²) in [5.74, 6) is -0.136. The van der Waals surface area contributed by atoms with E-state index in [2.05, 4.69) is 10.6 Å². The molecule has 23 heavy (non-hydrogen) atoms. The molecule has 1 aliphatic heterocycles. The third kappa shape index (κ3) is 3.74. The molecule has 1 fully saturated rings. The monoisotopic (exact) mass is 312 g/mol. The molecule has 3 amide bonds. The SMILES string of the molecule is O=C1NC(=O)C(=Cc2ccc(OCc3cccc(F)c3)cc2)N1. The van der Waals surface area contributed by atoms with Gasteiger partial charge in [-0.3, -0.25) is 10.1 Å². The molecule has 5 nitrogen and oxygen atoms in total. The Bertz CT molecular complexity index is 785. The molecule has 2 aromatic rings. The number of amides is 3. The third-order valence-corrected chi connectivity index (χ3v) is 3.21. The van der Waals surface area contributed by atoms with Crippen molar-refractivity contribution in [1.82, 2.24) is 10.6 Å². The highest BCUT2D eigenvalue weighted by Gasteiger charge is 2.22. The van der Waals surface area contributed by atoms with Crippen molar-refractivity contribution in [2.45, 2.75) is 6.61 Å². The molecule has 2 N–H and O–H groups in total. The van der Waals surface area contributed by atoms with Crippen LogP contribution in [-0.4, -0.2) is 11.9 Å². The Balaban J connectivity index is 1.64. The Morgan fingerprint density at radius 2 is 1.83 bits per heavy atom. The topological polar surface area (TPSA) is 67.4 Å². The van der Waals surface area contributed by atoms with E-state index >= 15 is 0 Å². The van der Waals surface area contributed by atoms with Crippen LogP contribution in [0, 0.1) is 5.82 Å². The van der Waals surface area contributed by atoms with Crippen molar-refractivity contribution in [3.63, 3.8) is 0 Å². The van der Waals surface area contributed by atoms with E-state index in [-0.39, 0.29) is 18.1 Å². The van der Waals surface area contributed by atoms with Crippen LogP contribution in [0.15, 0.2) is 54.2 Å². The molecule has 0 bridgehead atoms. The Kier molecular flexibility index (Phi) is 4.05. The first-order chi connectivity index (χ1) is 11.1. The number of benzene rings is 2. The lowest BCUT2D eigenvalue weighted by Crippen LogP contribution is -2.22. The van der Waals surface area contributed by atoms with E-state index in [0.717, 1.165) is 11.1 Å². The molecule has 0 spiro atoms. The fraction of sp³-hybridized carbons (Fsp3) is 0.0588. The van der Waals surface area contributed by atoms with E-state index in [4.69, 9.17) is 4.74 Å². The van der Waals surface area contributed by atoms with Crippen molar-refractivity contribution >= 4 is 18.0 Å². The zero-order valence-corrected chi connectivity index (χ0v) is 12.0. The van der Waals surface area contributed by atoms with E-state index in [1.165, 1.54) is 12.1 Å². The first-order valence-corrected chi connectivity index (χ1v) is 6.91. The van der Waals surface area contributed by atoms with Crippen LogP contribution >= 0.6 is 0 Å². The summed E-state index contributed by atoms with van der Waals surface area (Å²) < 4.78 is 18.6. The minimum Gasteiger partial charge on any atom is -0.489 e. The van der Waals surface area contributed by atoms with Crippen LogP contribution in [0.2, 0.25) is 0 Å². The number of carbonyl (C=O) groups is 2. The van der Waals surface area contributed by atoms with Crippen LogP contribution in [-0.2, 0) is 11.4 Å². The number of rotatable bonds is 4. The first kappa shape index (κ1) is 14.8. The number of carbonyl (C=O) groups excluding carboxylic acids is 2. The summed E-state index contributed by atoms with van der Waals surface area (Å²) in [6, 6.07) is 12.7. The van der Waals surface area contributed by atoms with Crippen molar-refractivity contribution in [2.24, 2.45) is 0 Å². The highest BCUT2D eigenvalue weighted by Crippen LogP contribution is 2.16. The molecule has 0 saturated carbocycles. The molecule has 3 rings (SSSR count). The Morgan fingerprint density at radius 3 is 2.48 bits per heavy atom. The van der Waals surface area contributed by atoms with Crippen molar-refractivity contribution in [3.8, 4) is 5.75 Å². The summed E-state index contributed by atoms with van der Waals surface area (Å²) in [7, 11) is 0. The summed E-state index contributed by atoms with van der Waals surface area (Å²) in [4.78, 5) is 22.4. The van der Waals surface area contributed by atoms with Crippen LogP contribution < -0.4 is 15.4 Å². The number of nitrogens with one attached hydrogen (secondary N) is 2. The van der Waals surface area contributed by atoms with Crippen molar-refractivity contribution in [3.05, 3.63) is 71.2 Å². The van der Waals surface area contributed by atoms with Crippen LogP contribution in [0.5, 0.6) is 5.75 Å². The average molecular weight is 312 g/mol. The zero-order chi connectivity index (χ0) is 16.2. The maximum atomic E-state index is 13.1. The fourth-order valence-electron chi connectivity index (χ4n) is 2.10. The molecule has 1 saturated heterocycles. The van der Waals surface area contributed by atoms with Gasteiger partial charge >= 0.3 is 6.03 Å². The molecule has 0 unspecified atom stereocenters. The molecular weight excluding hydrogens is 299 g/mol. The van der Waals surface area contributed by atoms with Crippen LogP contribution in [0.1, 0.15) is 11.1 Å². The van der Waals surface area contributed by atoms with Gasteiger partial charge in [-0.25, -0.2) is 9.18 Å². The fourth-order valence-corrected chi connectivity index (χ4v) is 2.10. The molecule has 2 aromatic carbocycles. The Labute approximate surface area is 131 Å². The van der Waals surface area contributed by atoms with Gasteiger partial charge in [0.15, 0.2) is 0 Å². The lowest BCUT2D eigenvalue weighted by atomic mass is 10.2. The smallest absolute Gasteiger partial charge is 0.326 e. The highest BCUT2D eigenvalue weighted by atomic mass is 19.1. The molecule has 0 radical (unpaired) electrons. The first-order valence-electron chi connectivity index (χ1n) is 6.91. The largest absolute Gasteiger partial charge is 0.489 e. The lowest BCUT2D eigenvalue weighted by Gasteiger charge is -2.06.